The topological polar surface area (TPSA) is 87.1 Å². The van der Waals surface area contributed by atoms with E-state index in [2.05, 4.69) is 17.9 Å². The number of carbonyl (C=O) groups excluding carboxylic acids is 1. The van der Waals surface area contributed by atoms with Crippen molar-refractivity contribution in [2.45, 2.75) is 77.6 Å². The highest BCUT2D eigenvalue weighted by molar-refractivity contribution is 5.99. The van der Waals surface area contributed by atoms with Crippen molar-refractivity contribution in [2.24, 2.45) is 0 Å². The summed E-state index contributed by atoms with van der Waals surface area (Å²) in [5, 5.41) is 18.8. The molecule has 6 nitrogen and oxygen atoms in total. The maximum Gasteiger partial charge on any atom is 0.338 e. The highest BCUT2D eigenvalue weighted by Gasteiger charge is 2.23. The number of ether oxygens (including phenoxy) is 1. The molecular weight excluding hydrogens is 430 g/mol. The van der Waals surface area contributed by atoms with Gasteiger partial charge < -0.3 is 19.8 Å². The van der Waals surface area contributed by atoms with Crippen LogP contribution in [0.15, 0.2) is 35.9 Å². The van der Waals surface area contributed by atoms with E-state index < -0.39 is 11.9 Å². The Bertz CT molecular complexity index is 858. The third-order valence-electron chi connectivity index (χ3n) is 6.37. The molecule has 1 heterocycles. The number of carboxylic acids is 1. The number of aromatic carboxylic acids is 1. The molecule has 1 aliphatic rings. The van der Waals surface area contributed by atoms with Crippen LogP contribution in [0.3, 0.4) is 0 Å². The van der Waals surface area contributed by atoms with Gasteiger partial charge in [-0.2, -0.15) is 0 Å². The number of nitrogens with zero attached hydrogens (tertiary/aromatic N) is 1. The third-order valence-corrected chi connectivity index (χ3v) is 6.37. The smallest absolute Gasteiger partial charge is 0.338 e. The average molecular weight is 472 g/mol. The molecule has 1 aromatic rings. The minimum atomic E-state index is -1.09. The van der Waals surface area contributed by atoms with Crippen LogP contribution in [-0.4, -0.2) is 53.9 Å². The molecule has 2 N–H and O–H groups in total. The summed E-state index contributed by atoms with van der Waals surface area (Å²) in [6.45, 7) is 3.84. The molecule has 1 aliphatic heterocycles. The van der Waals surface area contributed by atoms with Gasteiger partial charge >= 0.3 is 11.9 Å². The number of rotatable bonds is 16. The number of benzene rings is 1. The van der Waals surface area contributed by atoms with Crippen LogP contribution in [0.1, 0.15) is 104 Å². The fraction of sp³-hybridized carbons (Fsp3) is 0.571. The van der Waals surface area contributed by atoms with Crippen molar-refractivity contribution in [3.8, 4) is 0 Å². The van der Waals surface area contributed by atoms with Crippen molar-refractivity contribution < 1.29 is 24.5 Å². The first-order valence-corrected chi connectivity index (χ1v) is 12.7. The molecule has 0 saturated heterocycles. The van der Waals surface area contributed by atoms with E-state index in [0.29, 0.717) is 18.5 Å². The summed E-state index contributed by atoms with van der Waals surface area (Å²) < 4.78 is 4.95. The molecule has 0 aromatic heterocycles. The van der Waals surface area contributed by atoms with Crippen LogP contribution < -0.4 is 0 Å². The zero-order valence-electron chi connectivity index (χ0n) is 20.9. The number of carbonyl (C=O) groups is 2. The largest absolute Gasteiger partial charge is 0.478 e. The third kappa shape index (κ3) is 8.64. The number of esters is 1. The van der Waals surface area contributed by atoms with Gasteiger partial charge in [0.1, 0.15) is 0 Å². The summed E-state index contributed by atoms with van der Waals surface area (Å²) >= 11 is 0. The van der Waals surface area contributed by atoms with E-state index in [-0.39, 0.29) is 17.7 Å². The van der Waals surface area contributed by atoms with Gasteiger partial charge in [-0.3, -0.25) is 0 Å². The van der Waals surface area contributed by atoms with E-state index in [9.17, 15) is 19.8 Å². The summed E-state index contributed by atoms with van der Waals surface area (Å²) in [5.41, 5.74) is 2.83. The summed E-state index contributed by atoms with van der Waals surface area (Å²) in [6, 6.07) is 4.59. The first-order valence-electron chi connectivity index (χ1n) is 12.7. The molecule has 0 radical (unpaired) electrons. The molecule has 2 rings (SSSR count). The van der Waals surface area contributed by atoms with Crippen molar-refractivity contribution in [1.29, 1.82) is 0 Å². The molecule has 1 aromatic carbocycles. The maximum atomic E-state index is 12.5. The van der Waals surface area contributed by atoms with Gasteiger partial charge in [-0.05, 0) is 36.6 Å². The van der Waals surface area contributed by atoms with Crippen LogP contribution in [0.2, 0.25) is 0 Å². The van der Waals surface area contributed by atoms with Gasteiger partial charge in [0.15, 0.2) is 0 Å². The molecule has 0 amide bonds. The van der Waals surface area contributed by atoms with E-state index in [1.165, 1.54) is 70.6 Å². The molecule has 0 atom stereocenters. The first-order chi connectivity index (χ1) is 16.5. The molecule has 6 heteroatoms. The Labute approximate surface area is 204 Å². The predicted molar refractivity (Wildman–Crippen MR) is 136 cm³/mol. The van der Waals surface area contributed by atoms with Crippen LogP contribution in [0.4, 0.5) is 0 Å². The van der Waals surface area contributed by atoms with Crippen LogP contribution >= 0.6 is 0 Å². The van der Waals surface area contributed by atoms with Crippen molar-refractivity contribution in [3.63, 3.8) is 0 Å². The van der Waals surface area contributed by atoms with Crippen molar-refractivity contribution in [2.75, 3.05) is 26.8 Å². The Balaban J connectivity index is 2.05. The van der Waals surface area contributed by atoms with Crippen molar-refractivity contribution >= 4 is 17.6 Å². The van der Waals surface area contributed by atoms with Crippen LogP contribution in [0.5, 0.6) is 0 Å². The second-order valence-electron chi connectivity index (χ2n) is 8.97. The second kappa shape index (κ2) is 15.3. The van der Waals surface area contributed by atoms with Crippen molar-refractivity contribution in [1.82, 2.24) is 4.90 Å². The molecule has 0 saturated carbocycles. The van der Waals surface area contributed by atoms with Gasteiger partial charge in [-0.1, -0.05) is 76.9 Å². The highest BCUT2D eigenvalue weighted by atomic mass is 16.5. The number of unbranched alkanes of at least 4 members (excludes halogenated alkanes) is 9. The zero-order valence-corrected chi connectivity index (χ0v) is 20.9. The van der Waals surface area contributed by atoms with Gasteiger partial charge in [0.2, 0.25) is 0 Å². The van der Waals surface area contributed by atoms with E-state index in [4.69, 9.17) is 4.74 Å². The number of hydrogen-bond donors (Lipinski definition) is 2. The Kier molecular flexibility index (Phi) is 12.5. The Morgan fingerprint density at radius 3 is 2.24 bits per heavy atom. The van der Waals surface area contributed by atoms with Gasteiger partial charge in [-0.25, -0.2) is 9.59 Å². The first kappa shape index (κ1) is 27.6. The van der Waals surface area contributed by atoms with Gasteiger partial charge in [0.25, 0.3) is 0 Å². The Morgan fingerprint density at radius 2 is 1.65 bits per heavy atom. The number of allylic oxidation sites excluding steroid dienone is 1. The van der Waals surface area contributed by atoms with Gasteiger partial charge in [0.05, 0.1) is 18.2 Å². The fourth-order valence-corrected chi connectivity index (χ4v) is 4.38. The lowest BCUT2D eigenvalue weighted by Gasteiger charge is -2.31. The lowest BCUT2D eigenvalue weighted by molar-refractivity contribution is 0.0600. The number of carboxylic acid groups (broad SMARTS) is 1. The van der Waals surface area contributed by atoms with E-state index in [1.807, 2.05) is 6.08 Å². The molecule has 34 heavy (non-hydrogen) atoms. The zero-order chi connectivity index (χ0) is 24.8. The summed E-state index contributed by atoms with van der Waals surface area (Å²) in [6.07, 6.45) is 17.3. The molecule has 0 fully saturated rings. The van der Waals surface area contributed by atoms with Gasteiger partial charge in [-0.15, -0.1) is 0 Å². The fourth-order valence-electron chi connectivity index (χ4n) is 4.38. The van der Waals surface area contributed by atoms with Crippen LogP contribution in [0, 0.1) is 0 Å². The van der Waals surface area contributed by atoms with Crippen LogP contribution in [0.25, 0.3) is 5.70 Å². The monoisotopic (exact) mass is 471 g/mol. The highest BCUT2D eigenvalue weighted by Crippen LogP contribution is 2.30. The van der Waals surface area contributed by atoms with Crippen molar-refractivity contribution in [3.05, 3.63) is 52.6 Å². The lowest BCUT2D eigenvalue weighted by Crippen LogP contribution is -2.27. The summed E-state index contributed by atoms with van der Waals surface area (Å²) in [5.74, 6) is -1.64. The molecule has 188 valence electrons. The number of methoxy groups -OCH3 is 1. The number of aliphatic hydroxyl groups is 1. The molecule has 0 bridgehead atoms. The summed E-state index contributed by atoms with van der Waals surface area (Å²) in [4.78, 5) is 26.2. The number of aliphatic hydroxyl groups excluding tert-OH is 1. The van der Waals surface area contributed by atoms with E-state index >= 15 is 0 Å². The minimum Gasteiger partial charge on any atom is -0.478 e. The summed E-state index contributed by atoms with van der Waals surface area (Å²) in [7, 11) is 1.30. The van der Waals surface area contributed by atoms with E-state index in [0.717, 1.165) is 30.7 Å². The van der Waals surface area contributed by atoms with E-state index in [1.54, 1.807) is 6.07 Å². The standard InChI is InChI=1S/C28H41NO5/c1-3-4-5-6-7-8-9-10-11-12-17-29-18-15-22(16-19-30)20-26(29)24-14-13-23(27(31)32)21-25(24)28(33)34-2/h13-15,20-21,30H,3-12,16-19H2,1-2H3,(H,31,32). The van der Waals surface area contributed by atoms with Crippen LogP contribution in [-0.2, 0) is 4.74 Å². The average Bonchev–Trinajstić information content (AvgIpc) is 2.85. The normalized spacial score (nSPS) is 13.4. The molecule has 0 aliphatic carbocycles. The number of hydrogen-bond acceptors (Lipinski definition) is 5. The molecule has 0 unspecified atom stereocenters. The Morgan fingerprint density at radius 1 is 1.00 bits per heavy atom. The molecular formula is C28H41NO5. The van der Waals surface area contributed by atoms with Gasteiger partial charge in [0, 0.05) is 31.0 Å². The Hall–Kier alpha value is -2.60. The quantitative estimate of drug-likeness (QED) is 0.225. The predicted octanol–water partition coefficient (Wildman–Crippen LogP) is 6.06. The lowest BCUT2D eigenvalue weighted by atomic mass is 9.96. The second-order valence-corrected chi connectivity index (χ2v) is 8.97. The SMILES string of the molecule is CCCCCCCCCCCCN1CC=C(CCO)C=C1c1ccc(C(=O)O)cc1C(=O)OC. The molecule has 0 spiro atoms. The maximum absolute atomic E-state index is 12.5. The minimum absolute atomic E-state index is 0.0490.